The van der Waals surface area contributed by atoms with E-state index in [4.69, 9.17) is 4.98 Å². The van der Waals surface area contributed by atoms with Gasteiger partial charge in [-0.25, -0.2) is 4.98 Å². The number of hydrogen-bond acceptors (Lipinski definition) is 3. The van der Waals surface area contributed by atoms with Gasteiger partial charge in [-0.15, -0.1) is 0 Å². The summed E-state index contributed by atoms with van der Waals surface area (Å²) in [5, 5.41) is 3.42. The van der Waals surface area contributed by atoms with Crippen molar-refractivity contribution in [2.45, 2.75) is 13.5 Å². The Balaban J connectivity index is 1.79. The molecule has 4 nitrogen and oxygen atoms in total. The van der Waals surface area contributed by atoms with E-state index in [0.29, 0.717) is 0 Å². The Morgan fingerprint density at radius 2 is 1.83 bits per heavy atom. The van der Waals surface area contributed by atoms with Crippen molar-refractivity contribution in [1.29, 1.82) is 0 Å². The minimum atomic E-state index is 0.941. The van der Waals surface area contributed by atoms with Gasteiger partial charge >= 0.3 is 0 Å². The first-order valence-corrected chi connectivity index (χ1v) is 8.27. The quantitative estimate of drug-likeness (QED) is 0.807. The fourth-order valence-electron chi connectivity index (χ4n) is 3.22. The van der Waals surface area contributed by atoms with E-state index < -0.39 is 0 Å². The number of pyridine rings is 1. The van der Waals surface area contributed by atoms with E-state index in [-0.39, 0.29) is 0 Å². The largest absolute Gasteiger partial charge is 0.314 e. The van der Waals surface area contributed by atoms with Gasteiger partial charge < -0.3 is 9.72 Å². The molecule has 118 valence electrons. The fourth-order valence-corrected chi connectivity index (χ4v) is 3.22. The molecule has 0 aliphatic carbocycles. The molecule has 3 aromatic rings. The van der Waals surface area contributed by atoms with Crippen molar-refractivity contribution in [1.82, 2.24) is 19.6 Å². The van der Waals surface area contributed by atoms with Gasteiger partial charge in [0.25, 0.3) is 0 Å². The molecule has 2 aromatic heterocycles. The van der Waals surface area contributed by atoms with Crippen LogP contribution >= 0.6 is 0 Å². The summed E-state index contributed by atoms with van der Waals surface area (Å²) in [5.74, 6) is 0. The Morgan fingerprint density at radius 3 is 2.61 bits per heavy atom. The summed E-state index contributed by atoms with van der Waals surface area (Å²) < 4.78 is 2.23. The first kappa shape index (κ1) is 14.4. The zero-order chi connectivity index (χ0) is 15.6. The Kier molecular flexibility index (Phi) is 3.85. The Labute approximate surface area is 136 Å². The van der Waals surface area contributed by atoms with Gasteiger partial charge in [-0.2, -0.15) is 0 Å². The number of benzene rings is 1. The van der Waals surface area contributed by atoms with Gasteiger partial charge in [0.05, 0.1) is 11.4 Å². The van der Waals surface area contributed by atoms with Crippen LogP contribution in [-0.2, 0) is 6.54 Å². The molecule has 0 bridgehead atoms. The lowest BCUT2D eigenvalue weighted by Gasteiger charge is -2.27. The molecule has 1 aliphatic heterocycles. The number of fused-ring (bicyclic) bond motifs is 1. The lowest BCUT2D eigenvalue weighted by Crippen LogP contribution is -2.43. The molecule has 4 rings (SSSR count). The molecule has 1 saturated heterocycles. The topological polar surface area (TPSA) is 32.6 Å². The van der Waals surface area contributed by atoms with Gasteiger partial charge in [-0.05, 0) is 19.1 Å². The van der Waals surface area contributed by atoms with Crippen LogP contribution in [0.25, 0.3) is 16.9 Å². The summed E-state index contributed by atoms with van der Waals surface area (Å²) in [6.07, 6.45) is 2.12. The standard InChI is InChI=1S/C19H22N4/c1-15-5-7-16(8-6-15)19-17(14-22-12-9-20-10-13-22)23-11-3-2-4-18(23)21-19/h2-8,11,20H,9-10,12-14H2,1H3. The molecule has 1 aromatic carbocycles. The average Bonchev–Trinajstić information content (AvgIpc) is 2.95. The number of nitrogens with one attached hydrogen (secondary N) is 1. The molecule has 1 fully saturated rings. The van der Waals surface area contributed by atoms with E-state index in [9.17, 15) is 0 Å². The number of imidazole rings is 1. The van der Waals surface area contributed by atoms with Crippen molar-refractivity contribution in [2.75, 3.05) is 26.2 Å². The maximum Gasteiger partial charge on any atom is 0.137 e. The number of aromatic nitrogens is 2. The van der Waals surface area contributed by atoms with Crippen LogP contribution in [0.1, 0.15) is 11.3 Å². The second-order valence-electron chi connectivity index (χ2n) is 6.23. The van der Waals surface area contributed by atoms with Gasteiger partial charge in [0.15, 0.2) is 0 Å². The molecule has 4 heteroatoms. The van der Waals surface area contributed by atoms with Crippen LogP contribution in [0.2, 0.25) is 0 Å². The van der Waals surface area contributed by atoms with Gasteiger partial charge in [-0.1, -0.05) is 35.9 Å². The van der Waals surface area contributed by atoms with E-state index in [1.807, 2.05) is 0 Å². The normalized spacial score (nSPS) is 16.0. The Hall–Kier alpha value is -2.17. The third-order valence-electron chi connectivity index (χ3n) is 4.54. The second-order valence-corrected chi connectivity index (χ2v) is 6.23. The van der Waals surface area contributed by atoms with Gasteiger partial charge in [-0.3, -0.25) is 4.90 Å². The molecule has 0 amide bonds. The monoisotopic (exact) mass is 306 g/mol. The SMILES string of the molecule is Cc1ccc(-c2nc3ccccn3c2CN2CCNCC2)cc1. The molecule has 3 heterocycles. The fraction of sp³-hybridized carbons (Fsp3) is 0.316. The lowest BCUT2D eigenvalue weighted by atomic mass is 10.1. The minimum absolute atomic E-state index is 0.941. The number of aryl methyl sites for hydroxylation is 1. The molecule has 1 aliphatic rings. The van der Waals surface area contributed by atoms with Crippen molar-refractivity contribution in [3.05, 3.63) is 59.9 Å². The molecule has 0 saturated carbocycles. The summed E-state index contributed by atoms with van der Waals surface area (Å²) in [6.45, 7) is 7.37. The molecular formula is C19H22N4. The van der Waals surface area contributed by atoms with Crippen LogP contribution < -0.4 is 5.32 Å². The highest BCUT2D eigenvalue weighted by Gasteiger charge is 2.18. The summed E-state index contributed by atoms with van der Waals surface area (Å²) >= 11 is 0. The molecule has 0 radical (unpaired) electrons. The van der Waals surface area contributed by atoms with Crippen LogP contribution in [0.15, 0.2) is 48.7 Å². The van der Waals surface area contributed by atoms with Gasteiger partial charge in [0.1, 0.15) is 5.65 Å². The molecular weight excluding hydrogens is 284 g/mol. The minimum Gasteiger partial charge on any atom is -0.314 e. The maximum absolute atomic E-state index is 4.90. The number of hydrogen-bond donors (Lipinski definition) is 1. The molecule has 1 N–H and O–H groups in total. The van der Waals surface area contributed by atoms with Crippen molar-refractivity contribution in [3.8, 4) is 11.3 Å². The van der Waals surface area contributed by atoms with E-state index >= 15 is 0 Å². The van der Waals surface area contributed by atoms with E-state index in [1.165, 1.54) is 16.8 Å². The lowest BCUT2D eigenvalue weighted by molar-refractivity contribution is 0.230. The Bertz CT molecular complexity index is 798. The van der Waals surface area contributed by atoms with Crippen molar-refractivity contribution in [3.63, 3.8) is 0 Å². The van der Waals surface area contributed by atoms with E-state index in [1.54, 1.807) is 0 Å². The van der Waals surface area contributed by atoms with Gasteiger partial charge in [0.2, 0.25) is 0 Å². The van der Waals surface area contributed by atoms with Crippen molar-refractivity contribution >= 4 is 5.65 Å². The molecule has 23 heavy (non-hydrogen) atoms. The number of nitrogens with zero attached hydrogens (tertiary/aromatic N) is 3. The average molecular weight is 306 g/mol. The van der Waals surface area contributed by atoms with Crippen molar-refractivity contribution in [2.24, 2.45) is 0 Å². The third-order valence-corrected chi connectivity index (χ3v) is 4.54. The third kappa shape index (κ3) is 2.87. The van der Waals surface area contributed by atoms with Crippen LogP contribution in [0.3, 0.4) is 0 Å². The predicted molar refractivity (Wildman–Crippen MR) is 93.5 cm³/mol. The highest BCUT2D eigenvalue weighted by Crippen LogP contribution is 2.26. The van der Waals surface area contributed by atoms with Crippen LogP contribution in [0, 0.1) is 6.92 Å². The number of rotatable bonds is 3. The highest BCUT2D eigenvalue weighted by atomic mass is 15.2. The van der Waals surface area contributed by atoms with Crippen LogP contribution in [0.4, 0.5) is 0 Å². The summed E-state index contributed by atoms with van der Waals surface area (Å²) in [4.78, 5) is 7.40. The first-order valence-electron chi connectivity index (χ1n) is 8.27. The van der Waals surface area contributed by atoms with Crippen molar-refractivity contribution < 1.29 is 0 Å². The summed E-state index contributed by atoms with van der Waals surface area (Å²) in [7, 11) is 0. The van der Waals surface area contributed by atoms with Crippen LogP contribution in [0.5, 0.6) is 0 Å². The zero-order valence-electron chi connectivity index (χ0n) is 13.5. The highest BCUT2D eigenvalue weighted by molar-refractivity contribution is 5.66. The van der Waals surface area contributed by atoms with Crippen LogP contribution in [-0.4, -0.2) is 40.5 Å². The first-order chi connectivity index (χ1) is 11.3. The summed E-state index contributed by atoms with van der Waals surface area (Å²) in [5.41, 5.74) is 5.89. The van der Waals surface area contributed by atoms with E-state index in [2.05, 4.69) is 70.2 Å². The summed E-state index contributed by atoms with van der Waals surface area (Å²) in [6, 6.07) is 14.9. The Morgan fingerprint density at radius 1 is 1.04 bits per heavy atom. The second kappa shape index (κ2) is 6.14. The maximum atomic E-state index is 4.90. The molecule has 0 spiro atoms. The molecule has 0 atom stereocenters. The molecule has 0 unspecified atom stereocenters. The smallest absolute Gasteiger partial charge is 0.137 e. The van der Waals surface area contributed by atoms with E-state index in [0.717, 1.165) is 44.1 Å². The number of piperazine rings is 1. The predicted octanol–water partition coefficient (Wildman–Crippen LogP) is 2.71. The zero-order valence-corrected chi connectivity index (χ0v) is 13.5. The van der Waals surface area contributed by atoms with Gasteiger partial charge in [0, 0.05) is 44.5 Å².